The Morgan fingerprint density at radius 3 is 2.96 bits per heavy atom. The van der Waals surface area contributed by atoms with Crippen molar-refractivity contribution in [3.63, 3.8) is 0 Å². The van der Waals surface area contributed by atoms with Gasteiger partial charge in [-0.15, -0.1) is 5.10 Å². The number of aromatic nitrogens is 3. The van der Waals surface area contributed by atoms with E-state index in [4.69, 9.17) is 16.3 Å². The van der Waals surface area contributed by atoms with Gasteiger partial charge in [0.15, 0.2) is 5.82 Å². The zero-order valence-corrected chi connectivity index (χ0v) is 13.1. The van der Waals surface area contributed by atoms with Crippen LogP contribution in [0.5, 0.6) is 5.75 Å². The standard InChI is InChI=1S/C17H15ClN4O/c18-13-8-12-6-7-23-17(12)15(9-13)19-10-16-20-11-22(21-16)14-4-2-1-3-5-14/h1-5,8-9,11,19H,6-7,10H2. The third-order valence-corrected chi connectivity index (χ3v) is 3.96. The molecule has 0 atom stereocenters. The molecule has 2 heterocycles. The van der Waals surface area contributed by atoms with E-state index in [2.05, 4.69) is 15.4 Å². The summed E-state index contributed by atoms with van der Waals surface area (Å²) in [6.45, 7) is 1.21. The summed E-state index contributed by atoms with van der Waals surface area (Å²) in [4.78, 5) is 4.34. The molecule has 6 heteroatoms. The molecule has 2 aromatic carbocycles. The average Bonchev–Trinajstić information content (AvgIpc) is 3.22. The lowest BCUT2D eigenvalue weighted by molar-refractivity contribution is 0.358. The molecule has 0 bridgehead atoms. The minimum absolute atomic E-state index is 0.510. The Morgan fingerprint density at radius 2 is 2.09 bits per heavy atom. The van der Waals surface area contributed by atoms with E-state index in [0.717, 1.165) is 29.1 Å². The number of hydrogen-bond acceptors (Lipinski definition) is 4. The topological polar surface area (TPSA) is 52.0 Å². The number of halogens is 1. The Balaban J connectivity index is 1.51. The summed E-state index contributed by atoms with van der Waals surface area (Å²) in [7, 11) is 0. The van der Waals surface area contributed by atoms with Crippen molar-refractivity contribution < 1.29 is 4.74 Å². The Bertz CT molecular complexity index is 832. The number of nitrogens with zero attached hydrogens (tertiary/aromatic N) is 3. The second kappa shape index (κ2) is 5.93. The Morgan fingerprint density at radius 1 is 1.22 bits per heavy atom. The summed E-state index contributed by atoms with van der Waals surface area (Å²) in [6.07, 6.45) is 2.61. The summed E-state index contributed by atoms with van der Waals surface area (Å²) in [5.41, 5.74) is 3.02. The second-order valence-electron chi connectivity index (χ2n) is 5.33. The molecule has 1 aliphatic rings. The first-order valence-electron chi connectivity index (χ1n) is 7.45. The van der Waals surface area contributed by atoms with Gasteiger partial charge in [-0.2, -0.15) is 0 Å². The van der Waals surface area contributed by atoms with Gasteiger partial charge in [0.1, 0.15) is 12.1 Å². The summed E-state index contributed by atoms with van der Waals surface area (Å²) in [5.74, 6) is 1.59. The molecule has 0 spiro atoms. The number of nitrogens with one attached hydrogen (secondary N) is 1. The van der Waals surface area contributed by atoms with Crippen LogP contribution < -0.4 is 10.1 Å². The highest BCUT2D eigenvalue weighted by atomic mass is 35.5. The van der Waals surface area contributed by atoms with Gasteiger partial charge in [-0.3, -0.25) is 0 Å². The maximum atomic E-state index is 6.16. The van der Waals surface area contributed by atoms with Gasteiger partial charge >= 0.3 is 0 Å². The quantitative estimate of drug-likeness (QED) is 0.797. The largest absolute Gasteiger partial charge is 0.491 e. The molecule has 4 rings (SSSR count). The third kappa shape index (κ3) is 2.87. The van der Waals surface area contributed by atoms with Crippen LogP contribution in [-0.2, 0) is 13.0 Å². The van der Waals surface area contributed by atoms with Crippen LogP contribution in [0.1, 0.15) is 11.4 Å². The van der Waals surface area contributed by atoms with Crippen LogP contribution in [0, 0.1) is 0 Å². The van der Waals surface area contributed by atoms with Crippen LogP contribution >= 0.6 is 11.6 Å². The highest BCUT2D eigenvalue weighted by Crippen LogP contribution is 2.36. The molecule has 0 unspecified atom stereocenters. The minimum Gasteiger partial charge on any atom is -0.491 e. The van der Waals surface area contributed by atoms with Crippen LogP contribution in [0.15, 0.2) is 48.8 Å². The fraction of sp³-hybridized carbons (Fsp3) is 0.176. The number of fused-ring (bicyclic) bond motifs is 1. The van der Waals surface area contributed by atoms with E-state index in [0.29, 0.717) is 24.0 Å². The predicted octanol–water partition coefficient (Wildman–Crippen LogP) is 3.47. The van der Waals surface area contributed by atoms with Gasteiger partial charge < -0.3 is 10.1 Å². The van der Waals surface area contributed by atoms with Gasteiger partial charge in [-0.05, 0) is 24.3 Å². The molecule has 5 nitrogen and oxygen atoms in total. The van der Waals surface area contributed by atoms with Gasteiger partial charge in [0.2, 0.25) is 0 Å². The lowest BCUT2D eigenvalue weighted by Gasteiger charge is -2.10. The Kier molecular flexibility index (Phi) is 3.63. The van der Waals surface area contributed by atoms with Crippen LogP contribution in [0.3, 0.4) is 0 Å². The van der Waals surface area contributed by atoms with Gasteiger partial charge in [-0.25, -0.2) is 9.67 Å². The van der Waals surface area contributed by atoms with E-state index in [1.54, 1.807) is 11.0 Å². The highest BCUT2D eigenvalue weighted by Gasteiger charge is 2.17. The van der Waals surface area contributed by atoms with Crippen molar-refractivity contribution in [3.8, 4) is 11.4 Å². The minimum atomic E-state index is 0.510. The molecule has 3 aromatic rings. The van der Waals surface area contributed by atoms with E-state index >= 15 is 0 Å². The first-order chi connectivity index (χ1) is 11.3. The van der Waals surface area contributed by atoms with Crippen LogP contribution in [-0.4, -0.2) is 21.4 Å². The third-order valence-electron chi connectivity index (χ3n) is 3.75. The average molecular weight is 327 g/mol. The second-order valence-corrected chi connectivity index (χ2v) is 5.77. The van der Waals surface area contributed by atoms with E-state index < -0.39 is 0 Å². The van der Waals surface area contributed by atoms with Crippen molar-refractivity contribution in [2.45, 2.75) is 13.0 Å². The van der Waals surface area contributed by atoms with Crippen molar-refractivity contribution in [2.24, 2.45) is 0 Å². The SMILES string of the molecule is Clc1cc2c(c(NCc3ncn(-c4ccccc4)n3)c1)OCC2. The van der Waals surface area contributed by atoms with Gasteiger partial charge in [0, 0.05) is 17.0 Å². The molecule has 23 heavy (non-hydrogen) atoms. The summed E-state index contributed by atoms with van der Waals surface area (Å²) in [6, 6.07) is 13.7. The van der Waals surface area contributed by atoms with Crippen molar-refractivity contribution in [3.05, 3.63) is 65.2 Å². The van der Waals surface area contributed by atoms with Crippen LogP contribution in [0.4, 0.5) is 5.69 Å². The molecule has 1 aromatic heterocycles. The normalized spacial score (nSPS) is 12.7. The van der Waals surface area contributed by atoms with Crippen molar-refractivity contribution in [2.75, 3.05) is 11.9 Å². The van der Waals surface area contributed by atoms with E-state index in [1.165, 1.54) is 0 Å². The number of anilines is 1. The number of benzene rings is 2. The number of para-hydroxylation sites is 1. The monoisotopic (exact) mass is 326 g/mol. The molecular weight excluding hydrogens is 312 g/mol. The van der Waals surface area contributed by atoms with Crippen molar-refractivity contribution >= 4 is 17.3 Å². The maximum Gasteiger partial charge on any atom is 0.170 e. The molecule has 0 radical (unpaired) electrons. The lowest BCUT2D eigenvalue weighted by atomic mass is 10.1. The van der Waals surface area contributed by atoms with Gasteiger partial charge in [0.25, 0.3) is 0 Å². The molecule has 0 amide bonds. The molecule has 1 aliphatic heterocycles. The fourth-order valence-corrected chi connectivity index (χ4v) is 2.90. The van der Waals surface area contributed by atoms with Gasteiger partial charge in [-0.1, -0.05) is 29.8 Å². The lowest BCUT2D eigenvalue weighted by Crippen LogP contribution is -2.04. The highest BCUT2D eigenvalue weighted by molar-refractivity contribution is 6.31. The van der Waals surface area contributed by atoms with E-state index in [-0.39, 0.29) is 0 Å². The molecule has 116 valence electrons. The van der Waals surface area contributed by atoms with E-state index in [9.17, 15) is 0 Å². The van der Waals surface area contributed by atoms with E-state index in [1.807, 2.05) is 42.5 Å². The number of hydrogen-bond donors (Lipinski definition) is 1. The number of ether oxygens (including phenoxy) is 1. The Hall–Kier alpha value is -2.53. The first kappa shape index (κ1) is 14.1. The molecular formula is C17H15ClN4O. The smallest absolute Gasteiger partial charge is 0.170 e. The fourth-order valence-electron chi connectivity index (χ4n) is 2.66. The van der Waals surface area contributed by atoms with Crippen molar-refractivity contribution in [1.82, 2.24) is 14.8 Å². The zero-order valence-electron chi connectivity index (χ0n) is 12.4. The summed E-state index contributed by atoms with van der Waals surface area (Å²) >= 11 is 6.16. The summed E-state index contributed by atoms with van der Waals surface area (Å²) < 4.78 is 7.44. The molecule has 0 saturated carbocycles. The predicted molar refractivity (Wildman–Crippen MR) is 89.3 cm³/mol. The van der Waals surface area contributed by atoms with Crippen molar-refractivity contribution in [1.29, 1.82) is 0 Å². The van der Waals surface area contributed by atoms with Crippen LogP contribution in [0.25, 0.3) is 5.69 Å². The molecule has 0 aliphatic carbocycles. The first-order valence-corrected chi connectivity index (χ1v) is 7.82. The molecule has 0 fully saturated rings. The van der Waals surface area contributed by atoms with Gasteiger partial charge in [0.05, 0.1) is 24.5 Å². The molecule has 0 saturated heterocycles. The molecule has 1 N–H and O–H groups in total. The summed E-state index contributed by atoms with van der Waals surface area (Å²) in [5, 5.41) is 8.51. The Labute approximate surface area is 138 Å². The van der Waals surface area contributed by atoms with Crippen LogP contribution in [0.2, 0.25) is 5.02 Å². The number of rotatable bonds is 4. The zero-order chi connectivity index (χ0) is 15.6. The maximum absolute atomic E-state index is 6.16.